The van der Waals surface area contributed by atoms with E-state index in [0.717, 1.165) is 30.2 Å². The predicted octanol–water partition coefficient (Wildman–Crippen LogP) is 2.81. The van der Waals surface area contributed by atoms with Crippen LogP contribution in [0.5, 0.6) is 0 Å². The number of aromatic nitrogens is 3. The van der Waals surface area contributed by atoms with E-state index in [-0.39, 0.29) is 5.91 Å². The molecule has 0 atom stereocenters. The van der Waals surface area contributed by atoms with Gasteiger partial charge in [0, 0.05) is 49.7 Å². The molecule has 3 aromatic rings. The maximum absolute atomic E-state index is 12.5. The Morgan fingerprint density at radius 1 is 0.852 bits per heavy atom. The van der Waals surface area contributed by atoms with Gasteiger partial charge in [-0.25, -0.2) is 0 Å². The summed E-state index contributed by atoms with van der Waals surface area (Å²) in [5.74, 6) is 0.903. The number of rotatable bonds is 3. The Hall–Kier alpha value is -3.28. The summed E-state index contributed by atoms with van der Waals surface area (Å²) < 4.78 is 0. The first kappa shape index (κ1) is 17.1. The normalized spacial score (nSPS) is 14.3. The van der Waals surface area contributed by atoms with Crippen LogP contribution in [0.25, 0.3) is 11.3 Å². The zero-order valence-electron chi connectivity index (χ0n) is 15.2. The van der Waals surface area contributed by atoms with Gasteiger partial charge in [0.2, 0.25) is 0 Å². The third-order valence-corrected chi connectivity index (χ3v) is 4.82. The molecule has 6 nitrogen and oxygen atoms in total. The molecule has 0 N–H and O–H groups in total. The second kappa shape index (κ2) is 7.53. The maximum atomic E-state index is 12.5. The van der Waals surface area contributed by atoms with E-state index in [2.05, 4.69) is 51.3 Å². The highest BCUT2D eigenvalue weighted by Crippen LogP contribution is 2.20. The molecule has 27 heavy (non-hydrogen) atoms. The van der Waals surface area contributed by atoms with Crippen molar-refractivity contribution >= 4 is 11.7 Å². The number of hydrogen-bond acceptors (Lipinski definition) is 5. The van der Waals surface area contributed by atoms with Crippen LogP contribution in [0.4, 0.5) is 5.82 Å². The fourth-order valence-electron chi connectivity index (χ4n) is 3.19. The van der Waals surface area contributed by atoms with Crippen LogP contribution in [-0.4, -0.2) is 52.2 Å². The van der Waals surface area contributed by atoms with Crippen LogP contribution in [0, 0.1) is 6.92 Å². The fourth-order valence-corrected chi connectivity index (χ4v) is 3.19. The Balaban J connectivity index is 1.39. The highest BCUT2D eigenvalue weighted by molar-refractivity contribution is 5.94. The molecule has 136 valence electrons. The van der Waals surface area contributed by atoms with Gasteiger partial charge in [-0.1, -0.05) is 29.8 Å². The SMILES string of the molecule is Cc1ccc(-c2ccc(N3CCN(C(=O)c4ccncc4)CC3)nn2)cc1. The highest BCUT2D eigenvalue weighted by atomic mass is 16.2. The molecule has 0 unspecified atom stereocenters. The van der Waals surface area contributed by atoms with Gasteiger partial charge in [-0.3, -0.25) is 9.78 Å². The smallest absolute Gasteiger partial charge is 0.254 e. The molecule has 4 rings (SSSR count). The molecule has 0 spiro atoms. The Morgan fingerprint density at radius 3 is 2.19 bits per heavy atom. The van der Waals surface area contributed by atoms with Gasteiger partial charge >= 0.3 is 0 Å². The molecule has 1 saturated heterocycles. The lowest BCUT2D eigenvalue weighted by atomic mass is 10.1. The average Bonchev–Trinajstić information content (AvgIpc) is 2.75. The average molecular weight is 359 g/mol. The number of anilines is 1. The van der Waals surface area contributed by atoms with Crippen molar-refractivity contribution in [1.29, 1.82) is 0 Å². The first-order valence-electron chi connectivity index (χ1n) is 9.06. The summed E-state index contributed by atoms with van der Waals surface area (Å²) in [7, 11) is 0. The zero-order chi connectivity index (χ0) is 18.6. The molecule has 1 aromatic carbocycles. The van der Waals surface area contributed by atoms with E-state index in [1.54, 1.807) is 24.5 Å². The van der Waals surface area contributed by atoms with Crippen LogP contribution in [0.3, 0.4) is 0 Å². The van der Waals surface area contributed by atoms with E-state index in [1.165, 1.54) is 5.56 Å². The number of amides is 1. The lowest BCUT2D eigenvalue weighted by Crippen LogP contribution is -2.49. The Kier molecular flexibility index (Phi) is 4.78. The highest BCUT2D eigenvalue weighted by Gasteiger charge is 2.23. The van der Waals surface area contributed by atoms with Crippen molar-refractivity contribution in [3.05, 3.63) is 72.1 Å². The molecule has 6 heteroatoms. The molecule has 1 aliphatic rings. The van der Waals surface area contributed by atoms with E-state index < -0.39 is 0 Å². The molecule has 0 aliphatic carbocycles. The van der Waals surface area contributed by atoms with Crippen LogP contribution >= 0.6 is 0 Å². The molecule has 0 radical (unpaired) electrons. The minimum absolute atomic E-state index is 0.0536. The Morgan fingerprint density at radius 2 is 1.56 bits per heavy atom. The van der Waals surface area contributed by atoms with Crippen molar-refractivity contribution in [2.24, 2.45) is 0 Å². The summed E-state index contributed by atoms with van der Waals surface area (Å²) in [6.07, 6.45) is 3.29. The van der Waals surface area contributed by atoms with Gasteiger partial charge in [0.05, 0.1) is 5.69 Å². The van der Waals surface area contributed by atoms with E-state index in [0.29, 0.717) is 18.7 Å². The van der Waals surface area contributed by atoms with Crippen molar-refractivity contribution in [2.45, 2.75) is 6.92 Å². The quantitative estimate of drug-likeness (QED) is 0.720. The number of carbonyl (C=O) groups excluding carboxylic acids is 1. The number of hydrogen-bond donors (Lipinski definition) is 0. The van der Waals surface area contributed by atoms with Gasteiger partial charge in [-0.05, 0) is 31.2 Å². The first-order valence-corrected chi connectivity index (χ1v) is 9.06. The van der Waals surface area contributed by atoms with Crippen molar-refractivity contribution in [1.82, 2.24) is 20.1 Å². The summed E-state index contributed by atoms with van der Waals surface area (Å²) in [6.45, 7) is 4.90. The largest absolute Gasteiger partial charge is 0.352 e. The van der Waals surface area contributed by atoms with Crippen molar-refractivity contribution in [3.8, 4) is 11.3 Å². The number of nitrogens with zero attached hydrogens (tertiary/aromatic N) is 5. The second-order valence-corrected chi connectivity index (χ2v) is 6.66. The van der Waals surface area contributed by atoms with E-state index >= 15 is 0 Å². The minimum atomic E-state index is 0.0536. The molecular formula is C21H21N5O. The van der Waals surface area contributed by atoms with Gasteiger partial charge in [0.25, 0.3) is 5.91 Å². The molecule has 1 amide bonds. The summed E-state index contributed by atoms with van der Waals surface area (Å²) in [5, 5.41) is 8.77. The summed E-state index contributed by atoms with van der Waals surface area (Å²) >= 11 is 0. The zero-order valence-corrected chi connectivity index (χ0v) is 15.2. The van der Waals surface area contributed by atoms with Gasteiger partial charge in [0.1, 0.15) is 0 Å². The molecular weight excluding hydrogens is 338 g/mol. The monoisotopic (exact) mass is 359 g/mol. The van der Waals surface area contributed by atoms with Crippen LogP contribution in [0.2, 0.25) is 0 Å². The van der Waals surface area contributed by atoms with Gasteiger partial charge in [-0.15, -0.1) is 10.2 Å². The van der Waals surface area contributed by atoms with Gasteiger partial charge in [-0.2, -0.15) is 0 Å². The van der Waals surface area contributed by atoms with Crippen molar-refractivity contribution < 1.29 is 4.79 Å². The van der Waals surface area contributed by atoms with Crippen LogP contribution < -0.4 is 4.90 Å². The molecule has 2 aromatic heterocycles. The van der Waals surface area contributed by atoms with E-state index in [4.69, 9.17) is 0 Å². The topological polar surface area (TPSA) is 62.2 Å². The van der Waals surface area contributed by atoms with Crippen molar-refractivity contribution in [2.75, 3.05) is 31.1 Å². The molecule has 1 fully saturated rings. The fraction of sp³-hybridized carbons (Fsp3) is 0.238. The van der Waals surface area contributed by atoms with E-state index in [9.17, 15) is 4.79 Å². The van der Waals surface area contributed by atoms with Crippen LogP contribution in [0.15, 0.2) is 60.9 Å². The maximum Gasteiger partial charge on any atom is 0.254 e. The molecule has 1 aliphatic heterocycles. The second-order valence-electron chi connectivity index (χ2n) is 6.66. The third kappa shape index (κ3) is 3.79. The third-order valence-electron chi connectivity index (χ3n) is 4.82. The number of aryl methyl sites for hydroxylation is 1. The Bertz CT molecular complexity index is 902. The van der Waals surface area contributed by atoms with Crippen LogP contribution in [-0.2, 0) is 0 Å². The Labute approximate surface area is 158 Å². The van der Waals surface area contributed by atoms with Gasteiger partial charge in [0.15, 0.2) is 5.82 Å². The van der Waals surface area contributed by atoms with Crippen LogP contribution in [0.1, 0.15) is 15.9 Å². The molecule has 3 heterocycles. The summed E-state index contributed by atoms with van der Waals surface area (Å²) in [6, 6.07) is 15.8. The minimum Gasteiger partial charge on any atom is -0.352 e. The standard InChI is InChI=1S/C21H21N5O/c1-16-2-4-17(5-3-16)19-6-7-20(24-23-19)25-12-14-26(15-13-25)21(27)18-8-10-22-11-9-18/h2-11H,12-15H2,1H3. The number of carbonyl (C=O) groups is 1. The number of benzene rings is 1. The molecule has 0 bridgehead atoms. The number of piperazine rings is 1. The molecule has 0 saturated carbocycles. The predicted molar refractivity (Wildman–Crippen MR) is 105 cm³/mol. The lowest BCUT2D eigenvalue weighted by molar-refractivity contribution is 0.0746. The van der Waals surface area contributed by atoms with E-state index in [1.807, 2.05) is 17.0 Å². The lowest BCUT2D eigenvalue weighted by Gasteiger charge is -2.35. The summed E-state index contributed by atoms with van der Waals surface area (Å²) in [5.41, 5.74) is 3.83. The first-order chi connectivity index (χ1) is 13.2. The van der Waals surface area contributed by atoms with Crippen molar-refractivity contribution in [3.63, 3.8) is 0 Å². The summed E-state index contributed by atoms with van der Waals surface area (Å²) in [4.78, 5) is 20.5. The number of pyridine rings is 1. The van der Waals surface area contributed by atoms with Gasteiger partial charge < -0.3 is 9.80 Å².